The third-order valence-corrected chi connectivity index (χ3v) is 3.80. The zero-order chi connectivity index (χ0) is 15.1. The number of carbonyl (C=O) groups excluding carboxylic acids is 1. The maximum Gasteiger partial charge on any atom is 0.249 e. The van der Waals surface area contributed by atoms with Crippen LogP contribution in [0.4, 0.5) is 0 Å². The van der Waals surface area contributed by atoms with Crippen LogP contribution < -0.4 is 5.32 Å². The van der Waals surface area contributed by atoms with E-state index in [9.17, 15) is 4.79 Å². The first-order valence-electron chi connectivity index (χ1n) is 7.38. The van der Waals surface area contributed by atoms with Crippen LogP contribution in [-0.4, -0.2) is 26.7 Å². The lowest BCUT2D eigenvalue weighted by molar-refractivity contribution is -0.121. The van der Waals surface area contributed by atoms with Crippen LogP contribution in [0.5, 0.6) is 0 Å². The number of carbonyl (C=O) groups is 1. The van der Waals surface area contributed by atoms with Gasteiger partial charge >= 0.3 is 0 Å². The standard InChI is InChI=1S/C16H16N4O2/c1-10-18-19-16(22-10)13-8-20(9-15(21)17-11-6-7-11)14-5-3-2-4-12(13)14/h2-5,8,11H,6-7,9H2,1H3,(H,17,21). The van der Waals surface area contributed by atoms with E-state index in [2.05, 4.69) is 15.5 Å². The summed E-state index contributed by atoms with van der Waals surface area (Å²) in [6, 6.07) is 8.28. The molecule has 0 radical (unpaired) electrons. The van der Waals surface area contributed by atoms with Gasteiger partial charge in [0, 0.05) is 30.1 Å². The largest absolute Gasteiger partial charge is 0.421 e. The number of hydrogen-bond acceptors (Lipinski definition) is 4. The minimum Gasteiger partial charge on any atom is -0.421 e. The van der Waals surface area contributed by atoms with E-state index >= 15 is 0 Å². The Morgan fingerprint density at radius 2 is 2.18 bits per heavy atom. The Morgan fingerprint density at radius 1 is 1.36 bits per heavy atom. The summed E-state index contributed by atoms with van der Waals surface area (Å²) in [5.74, 6) is 1.05. The lowest BCUT2D eigenvalue weighted by Gasteiger charge is -2.05. The Labute approximate surface area is 127 Å². The highest BCUT2D eigenvalue weighted by molar-refractivity contribution is 5.94. The molecule has 0 aliphatic heterocycles. The van der Waals surface area contributed by atoms with Crippen LogP contribution in [0.1, 0.15) is 18.7 Å². The van der Waals surface area contributed by atoms with Crippen molar-refractivity contribution in [1.82, 2.24) is 20.1 Å². The second-order valence-corrected chi connectivity index (χ2v) is 5.66. The summed E-state index contributed by atoms with van der Waals surface area (Å²) in [5.41, 5.74) is 1.84. The quantitative estimate of drug-likeness (QED) is 0.801. The third-order valence-electron chi connectivity index (χ3n) is 3.80. The maximum atomic E-state index is 12.1. The van der Waals surface area contributed by atoms with Gasteiger partial charge in [0.15, 0.2) is 0 Å². The maximum absolute atomic E-state index is 12.1. The molecule has 1 aliphatic carbocycles. The highest BCUT2D eigenvalue weighted by atomic mass is 16.4. The fourth-order valence-corrected chi connectivity index (χ4v) is 2.61. The average molecular weight is 296 g/mol. The Morgan fingerprint density at radius 3 is 2.91 bits per heavy atom. The molecule has 0 unspecified atom stereocenters. The molecular weight excluding hydrogens is 280 g/mol. The molecule has 0 atom stereocenters. The highest BCUT2D eigenvalue weighted by Gasteiger charge is 2.24. The van der Waals surface area contributed by atoms with Gasteiger partial charge in [-0.1, -0.05) is 18.2 Å². The van der Waals surface area contributed by atoms with Crippen LogP contribution in [-0.2, 0) is 11.3 Å². The number of nitrogens with zero attached hydrogens (tertiary/aromatic N) is 3. The van der Waals surface area contributed by atoms with Gasteiger partial charge in [0.25, 0.3) is 0 Å². The highest BCUT2D eigenvalue weighted by Crippen LogP contribution is 2.29. The van der Waals surface area contributed by atoms with Gasteiger partial charge in [-0.3, -0.25) is 4.79 Å². The summed E-state index contributed by atoms with van der Waals surface area (Å²) in [4.78, 5) is 12.1. The molecule has 4 rings (SSSR count). The average Bonchev–Trinajstić information content (AvgIpc) is 3.09. The van der Waals surface area contributed by atoms with Crippen LogP contribution in [0.2, 0.25) is 0 Å². The second kappa shape index (κ2) is 4.98. The van der Waals surface area contributed by atoms with Crippen molar-refractivity contribution in [2.75, 3.05) is 0 Å². The molecule has 1 saturated carbocycles. The minimum atomic E-state index is 0.0384. The van der Waals surface area contributed by atoms with Gasteiger partial charge in [-0.15, -0.1) is 10.2 Å². The van der Waals surface area contributed by atoms with E-state index < -0.39 is 0 Å². The molecule has 6 nitrogen and oxygen atoms in total. The molecule has 2 aromatic heterocycles. The Bertz CT molecular complexity index is 845. The van der Waals surface area contributed by atoms with Gasteiger partial charge in [0.1, 0.15) is 6.54 Å². The van der Waals surface area contributed by atoms with Crippen LogP contribution >= 0.6 is 0 Å². The first-order chi connectivity index (χ1) is 10.7. The summed E-state index contributed by atoms with van der Waals surface area (Å²) in [6.07, 6.45) is 4.08. The molecule has 2 heterocycles. The number of nitrogens with one attached hydrogen (secondary N) is 1. The summed E-state index contributed by atoms with van der Waals surface area (Å²) in [7, 11) is 0. The number of benzene rings is 1. The Balaban J connectivity index is 1.73. The monoisotopic (exact) mass is 296 g/mol. The van der Waals surface area contributed by atoms with Crippen molar-refractivity contribution in [3.05, 3.63) is 36.4 Å². The van der Waals surface area contributed by atoms with Crippen molar-refractivity contribution < 1.29 is 9.21 Å². The topological polar surface area (TPSA) is 73.0 Å². The number of amides is 1. The molecule has 0 spiro atoms. The Kier molecular flexibility index (Phi) is 2.96. The zero-order valence-electron chi connectivity index (χ0n) is 12.2. The van der Waals surface area contributed by atoms with Gasteiger partial charge in [-0.2, -0.15) is 0 Å². The van der Waals surface area contributed by atoms with Crippen LogP contribution in [0, 0.1) is 6.92 Å². The number of rotatable bonds is 4. The number of hydrogen-bond donors (Lipinski definition) is 1. The number of aryl methyl sites for hydroxylation is 1. The summed E-state index contributed by atoms with van der Waals surface area (Å²) < 4.78 is 7.47. The SMILES string of the molecule is Cc1nnc(-c2cn(CC(=O)NC3CC3)c3ccccc23)o1. The molecule has 0 saturated heterocycles. The smallest absolute Gasteiger partial charge is 0.249 e. The van der Waals surface area contributed by atoms with E-state index in [4.69, 9.17) is 4.42 Å². The normalized spacial score (nSPS) is 14.4. The van der Waals surface area contributed by atoms with Crippen molar-refractivity contribution in [2.45, 2.75) is 32.4 Å². The van der Waals surface area contributed by atoms with Crippen molar-refractivity contribution in [2.24, 2.45) is 0 Å². The molecular formula is C16H16N4O2. The van der Waals surface area contributed by atoms with E-state index in [-0.39, 0.29) is 5.91 Å². The molecule has 1 amide bonds. The predicted molar refractivity (Wildman–Crippen MR) is 81.1 cm³/mol. The second-order valence-electron chi connectivity index (χ2n) is 5.66. The molecule has 1 N–H and O–H groups in total. The Hall–Kier alpha value is -2.63. The molecule has 1 aliphatic rings. The van der Waals surface area contributed by atoms with E-state index in [0.717, 1.165) is 29.3 Å². The first kappa shape index (κ1) is 13.1. The molecule has 0 bridgehead atoms. The van der Waals surface area contributed by atoms with Gasteiger partial charge in [-0.25, -0.2) is 0 Å². The number of para-hydroxylation sites is 1. The lowest BCUT2D eigenvalue weighted by Crippen LogP contribution is -2.29. The minimum absolute atomic E-state index is 0.0384. The van der Waals surface area contributed by atoms with Crippen molar-refractivity contribution >= 4 is 16.8 Å². The predicted octanol–water partition coefficient (Wildman–Crippen LogP) is 2.28. The van der Waals surface area contributed by atoms with Crippen molar-refractivity contribution in [3.63, 3.8) is 0 Å². The summed E-state index contributed by atoms with van der Waals surface area (Å²) >= 11 is 0. The molecule has 1 fully saturated rings. The van der Waals surface area contributed by atoms with E-state index in [0.29, 0.717) is 24.4 Å². The van der Waals surface area contributed by atoms with Crippen LogP contribution in [0.25, 0.3) is 22.4 Å². The van der Waals surface area contributed by atoms with Crippen LogP contribution in [0.15, 0.2) is 34.9 Å². The molecule has 6 heteroatoms. The fraction of sp³-hybridized carbons (Fsp3) is 0.312. The number of aromatic nitrogens is 3. The molecule has 1 aromatic carbocycles. The van der Waals surface area contributed by atoms with E-state index in [1.807, 2.05) is 35.0 Å². The van der Waals surface area contributed by atoms with Crippen molar-refractivity contribution in [1.29, 1.82) is 0 Å². The fourth-order valence-electron chi connectivity index (χ4n) is 2.61. The van der Waals surface area contributed by atoms with E-state index in [1.54, 1.807) is 6.92 Å². The number of fused-ring (bicyclic) bond motifs is 1. The summed E-state index contributed by atoms with van der Waals surface area (Å²) in [5, 5.41) is 12.0. The van der Waals surface area contributed by atoms with Gasteiger partial charge in [0.2, 0.25) is 17.7 Å². The third kappa shape index (κ3) is 2.36. The summed E-state index contributed by atoms with van der Waals surface area (Å²) in [6.45, 7) is 2.06. The van der Waals surface area contributed by atoms with Gasteiger partial charge < -0.3 is 14.3 Å². The van der Waals surface area contributed by atoms with E-state index in [1.165, 1.54) is 0 Å². The van der Waals surface area contributed by atoms with Gasteiger partial charge in [0.05, 0.1) is 5.56 Å². The van der Waals surface area contributed by atoms with Gasteiger partial charge in [-0.05, 0) is 18.9 Å². The van der Waals surface area contributed by atoms with Crippen LogP contribution in [0.3, 0.4) is 0 Å². The zero-order valence-corrected chi connectivity index (χ0v) is 12.2. The molecule has 3 aromatic rings. The first-order valence-corrected chi connectivity index (χ1v) is 7.38. The molecule has 22 heavy (non-hydrogen) atoms. The molecule has 112 valence electrons. The van der Waals surface area contributed by atoms with Crippen molar-refractivity contribution in [3.8, 4) is 11.5 Å². The lowest BCUT2D eigenvalue weighted by atomic mass is 10.2.